The minimum absolute atomic E-state index is 0.0219. The summed E-state index contributed by atoms with van der Waals surface area (Å²) in [6.45, 7) is 8.09. The van der Waals surface area contributed by atoms with Gasteiger partial charge in [-0.15, -0.1) is 6.58 Å². The molecule has 0 aromatic heterocycles. The maximum Gasteiger partial charge on any atom is 0.320 e. The molecule has 1 aliphatic heterocycles. The van der Waals surface area contributed by atoms with Crippen molar-refractivity contribution in [3.05, 3.63) is 12.7 Å². The van der Waals surface area contributed by atoms with Gasteiger partial charge in [0.2, 0.25) is 5.91 Å². The summed E-state index contributed by atoms with van der Waals surface area (Å²) in [6, 6.07) is -0.365. The van der Waals surface area contributed by atoms with Crippen molar-refractivity contribution in [2.45, 2.75) is 57.8 Å². The van der Waals surface area contributed by atoms with E-state index in [-0.39, 0.29) is 24.0 Å². The number of carbonyl (C=O) groups excluding carboxylic acids is 1. The number of carboxylic acids is 1. The maximum atomic E-state index is 11.1. The zero-order valence-electron chi connectivity index (χ0n) is 12.9. The van der Waals surface area contributed by atoms with Gasteiger partial charge in [0.25, 0.3) is 0 Å². The number of carbonyl (C=O) groups is 2. The van der Waals surface area contributed by atoms with E-state index in [9.17, 15) is 9.59 Å². The molecule has 0 aliphatic carbocycles. The van der Waals surface area contributed by atoms with Crippen LogP contribution >= 0.6 is 0 Å². The summed E-state index contributed by atoms with van der Waals surface area (Å²) < 4.78 is 0. The summed E-state index contributed by atoms with van der Waals surface area (Å²) in [5.74, 6) is -0.674. The average molecular weight is 297 g/mol. The molecular weight excluding hydrogens is 270 g/mol. The van der Waals surface area contributed by atoms with Crippen LogP contribution in [0.2, 0.25) is 0 Å². The second-order valence-electron chi connectivity index (χ2n) is 5.58. The normalized spacial score (nSPS) is 26.3. The van der Waals surface area contributed by atoms with E-state index >= 15 is 0 Å². The van der Waals surface area contributed by atoms with Gasteiger partial charge in [0.05, 0.1) is 6.17 Å². The van der Waals surface area contributed by atoms with Crippen molar-refractivity contribution in [1.82, 2.24) is 16.0 Å². The molecule has 120 valence electrons. The van der Waals surface area contributed by atoms with Crippen LogP contribution in [0.15, 0.2) is 12.7 Å². The third kappa shape index (κ3) is 5.85. The minimum atomic E-state index is -0.806. The van der Waals surface area contributed by atoms with Crippen molar-refractivity contribution in [1.29, 1.82) is 0 Å². The van der Waals surface area contributed by atoms with Gasteiger partial charge in [-0.25, -0.2) is 0 Å². The molecule has 0 spiro atoms. The number of rotatable bonds is 9. The predicted octanol–water partition coefficient (Wildman–Crippen LogP) is 0.846. The second-order valence-corrected chi connectivity index (χ2v) is 5.58. The zero-order valence-corrected chi connectivity index (χ0v) is 12.9. The number of carboxylic acid groups (broad SMARTS) is 1. The lowest BCUT2D eigenvalue weighted by Gasteiger charge is -2.21. The molecule has 0 radical (unpaired) electrons. The second kappa shape index (κ2) is 8.79. The van der Waals surface area contributed by atoms with Crippen LogP contribution in [0.3, 0.4) is 0 Å². The van der Waals surface area contributed by atoms with E-state index in [0.717, 1.165) is 25.8 Å². The molecule has 1 aliphatic rings. The first-order valence-corrected chi connectivity index (χ1v) is 7.59. The monoisotopic (exact) mass is 297 g/mol. The Bertz CT molecular complexity index is 373. The van der Waals surface area contributed by atoms with Gasteiger partial charge in [0.15, 0.2) is 0 Å². The lowest BCUT2D eigenvalue weighted by atomic mass is 9.97. The molecule has 0 saturated carbocycles. The van der Waals surface area contributed by atoms with Gasteiger partial charge in [0.1, 0.15) is 6.04 Å². The highest BCUT2D eigenvalue weighted by molar-refractivity contribution is 5.74. The molecular formula is C15H27N3O3. The Kier molecular flexibility index (Phi) is 7.39. The molecule has 4 atom stereocenters. The van der Waals surface area contributed by atoms with Crippen molar-refractivity contribution in [2.75, 3.05) is 6.54 Å². The molecule has 0 aromatic carbocycles. The molecule has 1 rings (SSSR count). The van der Waals surface area contributed by atoms with Gasteiger partial charge < -0.3 is 15.7 Å². The van der Waals surface area contributed by atoms with E-state index in [1.165, 1.54) is 6.92 Å². The van der Waals surface area contributed by atoms with Crippen LogP contribution < -0.4 is 16.0 Å². The Morgan fingerprint density at radius 1 is 1.52 bits per heavy atom. The highest BCUT2D eigenvalue weighted by atomic mass is 16.4. The van der Waals surface area contributed by atoms with Gasteiger partial charge in [-0.1, -0.05) is 19.4 Å². The molecule has 1 fully saturated rings. The van der Waals surface area contributed by atoms with Crippen LogP contribution in [0.1, 0.15) is 39.5 Å². The molecule has 0 bridgehead atoms. The summed E-state index contributed by atoms with van der Waals surface area (Å²) in [4.78, 5) is 22.2. The third-order valence-corrected chi connectivity index (χ3v) is 3.84. The summed E-state index contributed by atoms with van der Waals surface area (Å²) in [5, 5.41) is 18.4. The highest BCUT2D eigenvalue weighted by Crippen LogP contribution is 2.23. The Balaban J connectivity index is 2.40. The first-order valence-electron chi connectivity index (χ1n) is 7.59. The largest absolute Gasteiger partial charge is 0.480 e. The lowest BCUT2D eigenvalue weighted by molar-refractivity contribution is -0.139. The first kappa shape index (κ1) is 17.7. The van der Waals surface area contributed by atoms with E-state index in [1.54, 1.807) is 0 Å². The first-order chi connectivity index (χ1) is 9.97. The van der Waals surface area contributed by atoms with Crippen LogP contribution in [0.25, 0.3) is 0 Å². The van der Waals surface area contributed by atoms with Crippen molar-refractivity contribution < 1.29 is 14.7 Å². The summed E-state index contributed by atoms with van der Waals surface area (Å²) in [7, 11) is 0. The van der Waals surface area contributed by atoms with E-state index in [4.69, 9.17) is 5.11 Å². The standard InChI is InChI=1S/C15H27N3O3/c1-4-6-14(17-10(3)19)16-8-7-12-11(5-2)9-13(18-12)15(20)21/h5,11-14,16,18H,2,4,6-9H2,1,3H3,(H,17,19)(H,20,21)/t11-,12-,13-,14?/m1/s1. The lowest BCUT2D eigenvalue weighted by Crippen LogP contribution is -2.46. The van der Waals surface area contributed by atoms with E-state index in [2.05, 4.69) is 29.5 Å². The molecule has 1 unspecified atom stereocenters. The van der Waals surface area contributed by atoms with E-state index in [1.807, 2.05) is 6.08 Å². The fourth-order valence-corrected chi connectivity index (χ4v) is 2.79. The number of hydrogen-bond donors (Lipinski definition) is 4. The van der Waals surface area contributed by atoms with Crippen LogP contribution in [-0.4, -0.2) is 41.8 Å². The summed E-state index contributed by atoms with van der Waals surface area (Å²) in [5.41, 5.74) is 0. The molecule has 6 heteroatoms. The number of nitrogens with one attached hydrogen (secondary N) is 3. The fourth-order valence-electron chi connectivity index (χ4n) is 2.79. The molecule has 0 aromatic rings. The zero-order chi connectivity index (χ0) is 15.8. The maximum absolute atomic E-state index is 11.1. The van der Waals surface area contributed by atoms with Gasteiger partial charge in [0, 0.05) is 13.0 Å². The van der Waals surface area contributed by atoms with Crippen LogP contribution in [-0.2, 0) is 9.59 Å². The van der Waals surface area contributed by atoms with Crippen LogP contribution in [0.4, 0.5) is 0 Å². The SMILES string of the molecule is C=C[C@@H]1C[C@H](C(=O)O)N[C@@H]1CCNC(CCC)NC(C)=O. The smallest absolute Gasteiger partial charge is 0.320 e. The van der Waals surface area contributed by atoms with Crippen molar-refractivity contribution in [3.8, 4) is 0 Å². The summed E-state index contributed by atoms with van der Waals surface area (Å²) >= 11 is 0. The van der Waals surface area contributed by atoms with Gasteiger partial charge in [-0.05, 0) is 31.7 Å². The number of amides is 1. The minimum Gasteiger partial charge on any atom is -0.480 e. The molecule has 6 nitrogen and oxygen atoms in total. The Morgan fingerprint density at radius 3 is 2.76 bits per heavy atom. The van der Waals surface area contributed by atoms with Crippen LogP contribution in [0, 0.1) is 5.92 Å². The number of aliphatic carboxylic acids is 1. The number of hydrogen-bond acceptors (Lipinski definition) is 4. The Labute approximate surface area is 126 Å². The van der Waals surface area contributed by atoms with E-state index < -0.39 is 12.0 Å². The highest BCUT2D eigenvalue weighted by Gasteiger charge is 2.35. The van der Waals surface area contributed by atoms with Crippen molar-refractivity contribution in [3.63, 3.8) is 0 Å². The van der Waals surface area contributed by atoms with Crippen molar-refractivity contribution >= 4 is 11.9 Å². The molecule has 4 N–H and O–H groups in total. The predicted molar refractivity (Wildman–Crippen MR) is 81.8 cm³/mol. The van der Waals surface area contributed by atoms with Gasteiger partial charge in [-0.3, -0.25) is 14.9 Å². The quantitative estimate of drug-likeness (QED) is 0.374. The van der Waals surface area contributed by atoms with Crippen LogP contribution in [0.5, 0.6) is 0 Å². The topological polar surface area (TPSA) is 90.5 Å². The third-order valence-electron chi connectivity index (χ3n) is 3.84. The van der Waals surface area contributed by atoms with Gasteiger partial charge >= 0.3 is 5.97 Å². The van der Waals surface area contributed by atoms with E-state index in [0.29, 0.717) is 6.42 Å². The Morgan fingerprint density at radius 2 is 2.24 bits per heavy atom. The van der Waals surface area contributed by atoms with Gasteiger partial charge in [-0.2, -0.15) is 0 Å². The molecule has 1 amide bonds. The Hall–Kier alpha value is -1.40. The molecule has 1 heterocycles. The van der Waals surface area contributed by atoms with Crippen molar-refractivity contribution in [2.24, 2.45) is 5.92 Å². The fraction of sp³-hybridized carbons (Fsp3) is 0.733. The summed E-state index contributed by atoms with van der Waals surface area (Å²) in [6.07, 6.45) is 5.06. The molecule has 1 saturated heterocycles. The molecule has 21 heavy (non-hydrogen) atoms. The average Bonchev–Trinajstić information content (AvgIpc) is 2.81.